The lowest BCUT2D eigenvalue weighted by molar-refractivity contribution is -0.114. The zero-order valence-corrected chi connectivity index (χ0v) is 21.8. The van der Waals surface area contributed by atoms with Crippen LogP contribution in [-0.4, -0.2) is 51.9 Å². The lowest BCUT2D eigenvalue weighted by atomic mass is 10.1. The first-order valence-electron chi connectivity index (χ1n) is 11.3. The molecule has 0 heterocycles. The molecule has 10 heteroatoms. The maximum atomic E-state index is 13.6. The molecule has 0 radical (unpaired) electrons. The second-order valence-electron chi connectivity index (χ2n) is 7.73. The molecule has 0 aromatic heterocycles. The number of hydrogen-bond acceptors (Lipinski definition) is 5. The van der Waals surface area contributed by atoms with Gasteiger partial charge in [-0.3, -0.25) is 13.9 Å². The van der Waals surface area contributed by atoms with Crippen LogP contribution in [0.2, 0.25) is 5.02 Å². The highest BCUT2D eigenvalue weighted by molar-refractivity contribution is 7.92. The summed E-state index contributed by atoms with van der Waals surface area (Å²) in [7, 11) is -2.65. The van der Waals surface area contributed by atoms with Gasteiger partial charge in [0.15, 0.2) is 0 Å². The predicted molar refractivity (Wildman–Crippen MR) is 141 cm³/mol. The summed E-state index contributed by atoms with van der Waals surface area (Å²) in [6.45, 7) is 4.25. The lowest BCUT2D eigenvalue weighted by Gasteiger charge is -2.25. The molecule has 3 aromatic rings. The van der Waals surface area contributed by atoms with Crippen molar-refractivity contribution in [1.82, 2.24) is 4.90 Å². The van der Waals surface area contributed by atoms with E-state index in [0.717, 1.165) is 4.31 Å². The minimum Gasteiger partial charge on any atom is -0.497 e. The van der Waals surface area contributed by atoms with Crippen molar-refractivity contribution in [2.75, 3.05) is 36.4 Å². The number of ether oxygens (including phenoxy) is 1. The predicted octanol–water partition coefficient (Wildman–Crippen LogP) is 4.66. The van der Waals surface area contributed by atoms with E-state index in [0.29, 0.717) is 35.1 Å². The van der Waals surface area contributed by atoms with E-state index >= 15 is 0 Å². The van der Waals surface area contributed by atoms with Gasteiger partial charge in [-0.1, -0.05) is 23.7 Å². The summed E-state index contributed by atoms with van der Waals surface area (Å²) in [5.74, 6) is -0.336. The molecule has 0 unspecified atom stereocenters. The Morgan fingerprint density at radius 2 is 1.53 bits per heavy atom. The van der Waals surface area contributed by atoms with E-state index in [4.69, 9.17) is 16.3 Å². The number of amides is 2. The van der Waals surface area contributed by atoms with E-state index in [1.54, 1.807) is 41.3 Å². The van der Waals surface area contributed by atoms with Crippen LogP contribution in [0.5, 0.6) is 5.75 Å². The number of nitrogens with zero attached hydrogens (tertiary/aromatic N) is 2. The average molecular weight is 530 g/mol. The Balaban J connectivity index is 1.93. The summed E-state index contributed by atoms with van der Waals surface area (Å²) in [6.07, 6.45) is 0. The number of carbonyl (C=O) groups is 2. The molecule has 0 aliphatic carbocycles. The first-order valence-corrected chi connectivity index (χ1v) is 13.1. The van der Waals surface area contributed by atoms with Gasteiger partial charge in [0.1, 0.15) is 12.3 Å². The van der Waals surface area contributed by atoms with Crippen LogP contribution in [0, 0.1) is 0 Å². The minimum absolute atomic E-state index is 0.0110. The third kappa shape index (κ3) is 6.16. The van der Waals surface area contributed by atoms with Gasteiger partial charge in [-0.25, -0.2) is 8.42 Å². The number of benzene rings is 3. The van der Waals surface area contributed by atoms with Gasteiger partial charge in [-0.2, -0.15) is 0 Å². The number of halogens is 1. The Kier molecular flexibility index (Phi) is 8.95. The minimum atomic E-state index is -4.13. The maximum absolute atomic E-state index is 13.6. The average Bonchev–Trinajstić information content (AvgIpc) is 2.89. The number of para-hydroxylation sites is 1. The molecule has 0 saturated carbocycles. The number of anilines is 2. The lowest BCUT2D eigenvalue weighted by Crippen LogP contribution is -2.38. The molecule has 0 aliphatic heterocycles. The number of rotatable bonds is 10. The van der Waals surface area contributed by atoms with E-state index in [9.17, 15) is 18.0 Å². The van der Waals surface area contributed by atoms with E-state index < -0.39 is 22.5 Å². The van der Waals surface area contributed by atoms with Gasteiger partial charge in [-0.15, -0.1) is 0 Å². The maximum Gasteiger partial charge on any atom is 0.264 e. The molecule has 1 N–H and O–H groups in total. The van der Waals surface area contributed by atoms with Gasteiger partial charge in [0.05, 0.1) is 28.9 Å². The molecule has 2 amide bonds. The second kappa shape index (κ2) is 11.9. The molecule has 8 nitrogen and oxygen atoms in total. The third-order valence-electron chi connectivity index (χ3n) is 5.53. The quantitative estimate of drug-likeness (QED) is 0.412. The van der Waals surface area contributed by atoms with Crippen LogP contribution >= 0.6 is 11.6 Å². The summed E-state index contributed by atoms with van der Waals surface area (Å²) in [4.78, 5) is 27.7. The molecule has 0 atom stereocenters. The molecule has 190 valence electrons. The van der Waals surface area contributed by atoms with E-state index in [1.807, 2.05) is 13.8 Å². The first-order chi connectivity index (χ1) is 17.2. The fraction of sp³-hybridized carbons (Fsp3) is 0.231. The number of nitrogens with one attached hydrogen (secondary N) is 1. The van der Waals surface area contributed by atoms with Crippen molar-refractivity contribution in [2.24, 2.45) is 0 Å². The fourth-order valence-corrected chi connectivity index (χ4v) is 5.12. The Morgan fingerprint density at radius 1 is 0.917 bits per heavy atom. The van der Waals surface area contributed by atoms with Crippen LogP contribution < -0.4 is 14.4 Å². The van der Waals surface area contributed by atoms with Crippen LogP contribution in [0.4, 0.5) is 11.4 Å². The van der Waals surface area contributed by atoms with Crippen molar-refractivity contribution in [3.8, 4) is 5.75 Å². The van der Waals surface area contributed by atoms with E-state index in [2.05, 4.69) is 5.32 Å². The topological polar surface area (TPSA) is 96.0 Å². The molecule has 0 spiro atoms. The van der Waals surface area contributed by atoms with Gasteiger partial charge >= 0.3 is 0 Å². The summed E-state index contributed by atoms with van der Waals surface area (Å²) in [5, 5.41) is 3.13. The number of carbonyl (C=O) groups excluding carboxylic acids is 2. The normalized spacial score (nSPS) is 11.0. The first kappa shape index (κ1) is 27.0. The molecular formula is C26H28ClN3O5S. The Morgan fingerprint density at radius 3 is 2.11 bits per heavy atom. The molecule has 36 heavy (non-hydrogen) atoms. The van der Waals surface area contributed by atoms with Crippen molar-refractivity contribution < 1.29 is 22.7 Å². The van der Waals surface area contributed by atoms with Gasteiger partial charge in [0.2, 0.25) is 5.91 Å². The van der Waals surface area contributed by atoms with Crippen LogP contribution in [0.25, 0.3) is 0 Å². The van der Waals surface area contributed by atoms with Crippen LogP contribution in [0.15, 0.2) is 77.7 Å². The van der Waals surface area contributed by atoms with E-state index in [-0.39, 0.29) is 16.5 Å². The van der Waals surface area contributed by atoms with Crippen molar-refractivity contribution >= 4 is 44.8 Å². The van der Waals surface area contributed by atoms with E-state index in [1.165, 1.54) is 43.5 Å². The van der Waals surface area contributed by atoms with Crippen LogP contribution in [0.1, 0.15) is 24.2 Å². The smallest absolute Gasteiger partial charge is 0.264 e. The Bertz CT molecular complexity index is 1310. The van der Waals surface area contributed by atoms with Gasteiger partial charge in [0.25, 0.3) is 15.9 Å². The van der Waals surface area contributed by atoms with Crippen molar-refractivity contribution in [1.29, 1.82) is 0 Å². The highest BCUT2D eigenvalue weighted by Crippen LogP contribution is 2.27. The fourth-order valence-electron chi connectivity index (χ4n) is 3.58. The largest absolute Gasteiger partial charge is 0.497 e. The van der Waals surface area contributed by atoms with Crippen LogP contribution in [-0.2, 0) is 14.8 Å². The molecule has 0 fully saturated rings. The number of methoxy groups -OCH3 is 1. The molecule has 0 aliphatic rings. The van der Waals surface area contributed by atoms with Gasteiger partial charge in [-0.05, 0) is 74.5 Å². The summed E-state index contributed by atoms with van der Waals surface area (Å²) < 4.78 is 33.2. The number of sulfonamides is 1. The van der Waals surface area contributed by atoms with Crippen molar-refractivity contribution in [2.45, 2.75) is 18.7 Å². The SMILES string of the molecule is CCN(CC)C(=O)c1ccccc1NC(=O)CN(c1ccc(Cl)cc1)S(=O)(=O)c1ccc(OC)cc1. The molecule has 0 saturated heterocycles. The highest BCUT2D eigenvalue weighted by Gasteiger charge is 2.28. The zero-order valence-electron chi connectivity index (χ0n) is 20.3. The summed E-state index contributed by atoms with van der Waals surface area (Å²) >= 11 is 5.99. The molecule has 3 rings (SSSR count). The monoisotopic (exact) mass is 529 g/mol. The molecular weight excluding hydrogens is 502 g/mol. The number of hydrogen-bond donors (Lipinski definition) is 1. The Hall–Kier alpha value is -3.56. The van der Waals surface area contributed by atoms with Crippen LogP contribution in [0.3, 0.4) is 0 Å². The van der Waals surface area contributed by atoms with Gasteiger partial charge in [0, 0.05) is 18.1 Å². The molecule has 3 aromatic carbocycles. The summed E-state index contributed by atoms with van der Waals surface area (Å²) in [6, 6.07) is 18.7. The van der Waals surface area contributed by atoms with Gasteiger partial charge < -0.3 is 15.0 Å². The standard InChI is InChI=1S/C26H28ClN3O5S/c1-4-29(5-2)26(32)23-8-6-7-9-24(23)28-25(31)18-30(20-12-10-19(27)11-13-20)36(33,34)22-16-14-21(35-3)15-17-22/h6-17H,4-5,18H2,1-3H3,(H,28,31). The highest BCUT2D eigenvalue weighted by atomic mass is 35.5. The van der Waals surface area contributed by atoms with Crippen molar-refractivity contribution in [3.05, 3.63) is 83.4 Å². The molecule has 0 bridgehead atoms. The summed E-state index contributed by atoms with van der Waals surface area (Å²) in [5.41, 5.74) is 0.890. The second-order valence-corrected chi connectivity index (χ2v) is 10.0. The Labute approximate surface area is 216 Å². The zero-order chi connectivity index (χ0) is 26.3. The van der Waals surface area contributed by atoms with Crippen molar-refractivity contribution in [3.63, 3.8) is 0 Å². The third-order valence-corrected chi connectivity index (χ3v) is 7.57.